The lowest BCUT2D eigenvalue weighted by Crippen LogP contribution is -2.35. The number of fused-ring (bicyclic) bond motifs is 1. The maximum Gasteiger partial charge on any atom is 0.226 e. The van der Waals surface area contributed by atoms with Crippen molar-refractivity contribution in [1.82, 2.24) is 4.90 Å². The number of aldehydes is 1. The number of carbonyl (C=O) groups excluding carboxylic acids is 1. The van der Waals surface area contributed by atoms with Crippen LogP contribution in [0.1, 0.15) is 42.7 Å². The lowest BCUT2D eigenvalue weighted by molar-refractivity contribution is -0.112. The van der Waals surface area contributed by atoms with Crippen LogP contribution in [0.4, 0.5) is 5.69 Å². The molecule has 0 amide bonds. The Balaban J connectivity index is 1.30. The SMILES string of the molecule is CN(CC#Cc1ccccc1)C1CCC(c2ccc3c(c2)OC(C=O)N3)CC1. The van der Waals surface area contributed by atoms with E-state index < -0.39 is 6.23 Å². The number of carbonyl (C=O) groups is 1. The van der Waals surface area contributed by atoms with Crippen LogP contribution in [-0.2, 0) is 4.79 Å². The minimum Gasteiger partial charge on any atom is -0.461 e. The van der Waals surface area contributed by atoms with Crippen LogP contribution in [0.5, 0.6) is 5.75 Å². The normalized spacial score (nSPS) is 23.1. The number of rotatable bonds is 4. The predicted octanol–water partition coefficient (Wildman–Crippen LogP) is 4.03. The topological polar surface area (TPSA) is 41.6 Å². The Hall–Kier alpha value is -2.77. The van der Waals surface area contributed by atoms with Crippen molar-refractivity contribution in [3.05, 3.63) is 59.7 Å². The Morgan fingerprint density at radius 2 is 1.93 bits per heavy atom. The fourth-order valence-electron chi connectivity index (χ4n) is 4.16. The van der Waals surface area contributed by atoms with Gasteiger partial charge in [0, 0.05) is 11.6 Å². The second-order valence-corrected chi connectivity index (χ2v) is 7.66. The van der Waals surface area contributed by atoms with Gasteiger partial charge in [-0.15, -0.1) is 0 Å². The standard InChI is InChI=1S/C24H26N2O2/c1-26(15-5-8-18-6-3-2-4-7-18)21-12-9-19(10-13-21)20-11-14-22-23(16-20)28-24(17-27)25-22/h2-4,6-7,11,14,16-17,19,21,24-25H,9-10,12-13,15H2,1H3. The smallest absolute Gasteiger partial charge is 0.226 e. The molecule has 4 rings (SSSR count). The zero-order chi connectivity index (χ0) is 19.3. The van der Waals surface area contributed by atoms with Gasteiger partial charge < -0.3 is 10.1 Å². The van der Waals surface area contributed by atoms with Crippen molar-refractivity contribution in [2.24, 2.45) is 0 Å². The van der Waals surface area contributed by atoms with Crippen LogP contribution in [0.2, 0.25) is 0 Å². The van der Waals surface area contributed by atoms with Gasteiger partial charge in [0.25, 0.3) is 0 Å². The summed E-state index contributed by atoms with van der Waals surface area (Å²) in [7, 11) is 2.18. The van der Waals surface area contributed by atoms with E-state index in [1.165, 1.54) is 31.2 Å². The van der Waals surface area contributed by atoms with Crippen molar-refractivity contribution in [1.29, 1.82) is 0 Å². The van der Waals surface area contributed by atoms with Crippen molar-refractivity contribution < 1.29 is 9.53 Å². The first-order chi connectivity index (χ1) is 13.7. The largest absolute Gasteiger partial charge is 0.461 e. The molecule has 1 saturated carbocycles. The molecule has 1 aliphatic heterocycles. The van der Waals surface area contributed by atoms with Gasteiger partial charge in [0.05, 0.1) is 12.2 Å². The zero-order valence-corrected chi connectivity index (χ0v) is 16.2. The van der Waals surface area contributed by atoms with Gasteiger partial charge in [0.1, 0.15) is 5.75 Å². The highest BCUT2D eigenvalue weighted by Gasteiger charge is 2.27. The Morgan fingerprint density at radius 3 is 2.68 bits per heavy atom. The summed E-state index contributed by atoms with van der Waals surface area (Å²) in [6.45, 7) is 0.801. The van der Waals surface area contributed by atoms with Gasteiger partial charge in [0.15, 0.2) is 6.29 Å². The lowest BCUT2D eigenvalue weighted by atomic mass is 9.81. The summed E-state index contributed by atoms with van der Waals surface area (Å²) in [4.78, 5) is 13.3. The number of anilines is 1. The number of hydrogen-bond acceptors (Lipinski definition) is 4. The van der Waals surface area contributed by atoms with Crippen LogP contribution in [0, 0.1) is 11.8 Å². The van der Waals surface area contributed by atoms with Crippen molar-refractivity contribution >= 4 is 12.0 Å². The lowest BCUT2D eigenvalue weighted by Gasteiger charge is -2.34. The maximum atomic E-state index is 10.9. The highest BCUT2D eigenvalue weighted by atomic mass is 16.5. The molecule has 1 atom stereocenters. The number of ether oxygens (including phenoxy) is 1. The van der Waals surface area contributed by atoms with Crippen LogP contribution < -0.4 is 10.1 Å². The molecule has 2 aromatic carbocycles. The van der Waals surface area contributed by atoms with Gasteiger partial charge >= 0.3 is 0 Å². The Bertz CT molecular complexity index is 876. The minimum absolute atomic E-state index is 0.549. The summed E-state index contributed by atoms with van der Waals surface area (Å²) in [5.41, 5.74) is 3.30. The number of nitrogens with one attached hydrogen (secondary N) is 1. The fraction of sp³-hybridized carbons (Fsp3) is 0.375. The molecule has 1 aliphatic carbocycles. The Labute approximate surface area is 166 Å². The second-order valence-electron chi connectivity index (χ2n) is 7.66. The summed E-state index contributed by atoms with van der Waals surface area (Å²) >= 11 is 0. The van der Waals surface area contributed by atoms with Gasteiger partial charge in [0.2, 0.25) is 6.23 Å². The molecular formula is C24H26N2O2. The zero-order valence-electron chi connectivity index (χ0n) is 16.2. The van der Waals surface area contributed by atoms with Crippen molar-refractivity contribution in [3.8, 4) is 17.6 Å². The molecule has 1 fully saturated rings. The van der Waals surface area contributed by atoms with Crippen molar-refractivity contribution in [2.45, 2.75) is 43.9 Å². The first-order valence-corrected chi connectivity index (χ1v) is 9.99. The monoisotopic (exact) mass is 374 g/mol. The van der Waals surface area contributed by atoms with Gasteiger partial charge in [-0.1, -0.05) is 36.1 Å². The molecule has 1 heterocycles. The summed E-state index contributed by atoms with van der Waals surface area (Å²) < 4.78 is 5.63. The first kappa shape index (κ1) is 18.6. The van der Waals surface area contributed by atoms with Gasteiger partial charge in [-0.05, 0) is 68.5 Å². The van der Waals surface area contributed by atoms with Gasteiger partial charge in [-0.2, -0.15) is 0 Å². The highest BCUT2D eigenvalue weighted by Crippen LogP contribution is 2.39. The molecule has 0 spiro atoms. The quantitative estimate of drug-likeness (QED) is 0.648. The van der Waals surface area contributed by atoms with Crippen LogP contribution in [-0.4, -0.2) is 37.0 Å². The van der Waals surface area contributed by atoms with Crippen LogP contribution in [0.3, 0.4) is 0 Å². The van der Waals surface area contributed by atoms with Gasteiger partial charge in [-0.25, -0.2) is 0 Å². The first-order valence-electron chi connectivity index (χ1n) is 9.99. The van der Waals surface area contributed by atoms with E-state index in [4.69, 9.17) is 4.74 Å². The minimum atomic E-state index is -0.549. The van der Waals surface area contributed by atoms with E-state index in [2.05, 4.69) is 41.2 Å². The van der Waals surface area contributed by atoms with E-state index in [0.717, 1.165) is 29.8 Å². The van der Waals surface area contributed by atoms with E-state index in [1.807, 2.05) is 36.4 Å². The van der Waals surface area contributed by atoms with E-state index in [-0.39, 0.29) is 0 Å². The molecule has 1 N–H and O–H groups in total. The van der Waals surface area contributed by atoms with E-state index in [0.29, 0.717) is 12.0 Å². The number of benzene rings is 2. The van der Waals surface area contributed by atoms with Gasteiger partial charge in [-0.3, -0.25) is 9.69 Å². The molecule has 1 unspecified atom stereocenters. The summed E-state index contributed by atoms with van der Waals surface area (Å²) in [5.74, 6) is 7.90. The number of nitrogens with zero attached hydrogens (tertiary/aromatic N) is 1. The molecule has 2 aliphatic rings. The highest BCUT2D eigenvalue weighted by molar-refractivity contribution is 5.71. The molecule has 0 aromatic heterocycles. The molecule has 4 nitrogen and oxygen atoms in total. The number of hydrogen-bond donors (Lipinski definition) is 1. The molecule has 28 heavy (non-hydrogen) atoms. The molecule has 0 radical (unpaired) electrons. The summed E-state index contributed by atoms with van der Waals surface area (Å²) in [6.07, 6.45) is 4.95. The van der Waals surface area contributed by atoms with E-state index >= 15 is 0 Å². The molecule has 4 heteroatoms. The van der Waals surface area contributed by atoms with E-state index in [9.17, 15) is 4.79 Å². The molecule has 0 bridgehead atoms. The average molecular weight is 374 g/mol. The predicted molar refractivity (Wildman–Crippen MR) is 111 cm³/mol. The van der Waals surface area contributed by atoms with Crippen molar-refractivity contribution in [2.75, 3.05) is 18.9 Å². The third kappa shape index (κ3) is 4.21. The van der Waals surface area contributed by atoms with Crippen molar-refractivity contribution in [3.63, 3.8) is 0 Å². The Morgan fingerprint density at radius 1 is 1.14 bits per heavy atom. The third-order valence-corrected chi connectivity index (χ3v) is 5.81. The molecular weight excluding hydrogens is 348 g/mol. The van der Waals surface area contributed by atoms with Crippen LogP contribution >= 0.6 is 0 Å². The average Bonchev–Trinajstić information content (AvgIpc) is 3.17. The molecule has 2 aromatic rings. The Kier molecular flexibility index (Phi) is 5.64. The summed E-state index contributed by atoms with van der Waals surface area (Å²) in [6, 6.07) is 17.0. The summed E-state index contributed by atoms with van der Waals surface area (Å²) in [5, 5.41) is 3.06. The molecule has 144 valence electrons. The van der Waals surface area contributed by atoms with E-state index in [1.54, 1.807) is 0 Å². The maximum absolute atomic E-state index is 10.9. The third-order valence-electron chi connectivity index (χ3n) is 5.81. The van der Waals surface area contributed by atoms with Crippen LogP contribution in [0.25, 0.3) is 0 Å². The molecule has 0 saturated heterocycles. The fourth-order valence-corrected chi connectivity index (χ4v) is 4.16. The second kappa shape index (κ2) is 8.50. The van der Waals surface area contributed by atoms with Crippen LogP contribution in [0.15, 0.2) is 48.5 Å².